The molecule has 2 N–H and O–H groups in total. The van der Waals surface area contributed by atoms with Gasteiger partial charge in [0, 0.05) is 19.2 Å². The topological polar surface area (TPSA) is 58.6 Å². The van der Waals surface area contributed by atoms with Crippen molar-refractivity contribution in [3.8, 4) is 0 Å². The fourth-order valence-electron chi connectivity index (χ4n) is 1.07. The average Bonchev–Trinajstić information content (AvgIpc) is 2.22. The molecule has 0 aliphatic carbocycles. The van der Waals surface area contributed by atoms with Gasteiger partial charge < -0.3 is 15.2 Å². The highest BCUT2D eigenvalue weighted by Gasteiger charge is 1.91. The van der Waals surface area contributed by atoms with Crippen LogP contribution in [0.4, 0.5) is 0 Å². The summed E-state index contributed by atoms with van der Waals surface area (Å²) < 4.78 is 4.72. The van der Waals surface area contributed by atoms with Crippen molar-refractivity contribution in [3.63, 3.8) is 0 Å². The van der Waals surface area contributed by atoms with E-state index in [1.54, 1.807) is 13.0 Å². The van der Waals surface area contributed by atoms with E-state index in [-0.39, 0.29) is 12.6 Å². The number of nitrogens with one attached hydrogen (secondary N) is 1. The van der Waals surface area contributed by atoms with E-state index in [1.807, 2.05) is 0 Å². The first-order chi connectivity index (χ1) is 7.31. The second-order valence-corrected chi connectivity index (χ2v) is 3.14. The molecule has 4 nitrogen and oxygen atoms in total. The van der Waals surface area contributed by atoms with E-state index in [1.165, 1.54) is 6.08 Å². The Balaban J connectivity index is 3.19. The lowest BCUT2D eigenvalue weighted by Gasteiger charge is -2.00. The first-order valence-corrected chi connectivity index (χ1v) is 5.46. The van der Waals surface area contributed by atoms with Gasteiger partial charge in [-0.1, -0.05) is 6.08 Å². The number of ether oxygens (including phenoxy) is 1. The molecule has 0 aromatic heterocycles. The van der Waals surface area contributed by atoms with Gasteiger partial charge in [-0.05, 0) is 32.7 Å². The Morgan fingerprint density at radius 3 is 2.87 bits per heavy atom. The van der Waals surface area contributed by atoms with Crippen LogP contribution in [-0.4, -0.2) is 37.4 Å². The number of aliphatic hydroxyl groups is 1. The number of carbonyl (C=O) groups excluding carboxylic acids is 1. The zero-order valence-electron chi connectivity index (χ0n) is 9.37. The summed E-state index contributed by atoms with van der Waals surface area (Å²) in [6, 6.07) is 0. The quantitative estimate of drug-likeness (QED) is 0.340. The van der Waals surface area contributed by atoms with Crippen LogP contribution in [0.2, 0.25) is 0 Å². The lowest BCUT2D eigenvalue weighted by molar-refractivity contribution is -0.137. The van der Waals surface area contributed by atoms with E-state index in [0.717, 1.165) is 25.8 Å². The number of esters is 1. The summed E-state index contributed by atoms with van der Waals surface area (Å²) in [5.41, 5.74) is 0. The van der Waals surface area contributed by atoms with Crippen LogP contribution in [0.3, 0.4) is 0 Å². The minimum atomic E-state index is -0.292. The molecule has 0 spiro atoms. The van der Waals surface area contributed by atoms with Gasteiger partial charge in [0.05, 0.1) is 6.61 Å². The third kappa shape index (κ3) is 11.1. The number of aliphatic hydroxyl groups excluding tert-OH is 1. The number of unbranched alkanes of at least 4 members (excludes halogenated alkanes) is 2. The van der Waals surface area contributed by atoms with Crippen LogP contribution in [-0.2, 0) is 9.53 Å². The molecule has 0 rings (SSSR count). The number of rotatable bonds is 9. The third-order valence-corrected chi connectivity index (χ3v) is 1.81. The predicted molar refractivity (Wildman–Crippen MR) is 59.6 cm³/mol. The molecule has 0 unspecified atom stereocenters. The molecule has 0 saturated carbocycles. The summed E-state index contributed by atoms with van der Waals surface area (Å²) in [4.78, 5) is 10.9. The average molecular weight is 215 g/mol. The number of carbonyl (C=O) groups is 1. The van der Waals surface area contributed by atoms with Gasteiger partial charge in [0.1, 0.15) is 0 Å². The van der Waals surface area contributed by atoms with Gasteiger partial charge in [-0.15, -0.1) is 0 Å². The fourth-order valence-corrected chi connectivity index (χ4v) is 1.07. The van der Waals surface area contributed by atoms with E-state index in [2.05, 4.69) is 5.32 Å². The van der Waals surface area contributed by atoms with Gasteiger partial charge in [-0.3, -0.25) is 0 Å². The smallest absolute Gasteiger partial charge is 0.330 e. The molecule has 0 aromatic rings. The lowest BCUT2D eigenvalue weighted by Crippen LogP contribution is -2.15. The number of hydrogen-bond acceptors (Lipinski definition) is 4. The Bertz CT molecular complexity index is 181. The van der Waals surface area contributed by atoms with Gasteiger partial charge in [0.2, 0.25) is 0 Å². The molecule has 0 fully saturated rings. The maximum absolute atomic E-state index is 10.9. The standard InChI is InChI=1S/C11H21NO3/c1-2-15-11(14)7-6-9-12-8-4-3-5-10-13/h6-7,12-13H,2-5,8-10H2,1H3/b7-6+. The van der Waals surface area contributed by atoms with Crippen molar-refractivity contribution < 1.29 is 14.6 Å². The minimum absolute atomic E-state index is 0.267. The van der Waals surface area contributed by atoms with E-state index in [0.29, 0.717) is 13.2 Å². The summed E-state index contributed by atoms with van der Waals surface area (Å²) in [6.45, 7) is 4.05. The summed E-state index contributed by atoms with van der Waals surface area (Å²) in [6.07, 6.45) is 6.13. The maximum atomic E-state index is 10.9. The van der Waals surface area contributed by atoms with Crippen LogP contribution in [0.25, 0.3) is 0 Å². The van der Waals surface area contributed by atoms with Crippen LogP contribution in [0.15, 0.2) is 12.2 Å². The molecule has 0 amide bonds. The Morgan fingerprint density at radius 1 is 1.40 bits per heavy atom. The van der Waals surface area contributed by atoms with Crippen molar-refractivity contribution in [2.45, 2.75) is 26.2 Å². The van der Waals surface area contributed by atoms with Crippen LogP contribution in [0, 0.1) is 0 Å². The highest BCUT2D eigenvalue weighted by molar-refractivity contribution is 5.81. The summed E-state index contributed by atoms with van der Waals surface area (Å²) >= 11 is 0. The molecule has 0 atom stereocenters. The second-order valence-electron chi connectivity index (χ2n) is 3.14. The van der Waals surface area contributed by atoms with Crippen molar-refractivity contribution in [2.75, 3.05) is 26.3 Å². The third-order valence-electron chi connectivity index (χ3n) is 1.81. The monoisotopic (exact) mass is 215 g/mol. The Hall–Kier alpha value is -0.870. The van der Waals surface area contributed by atoms with Crippen LogP contribution in [0.1, 0.15) is 26.2 Å². The van der Waals surface area contributed by atoms with Crippen LogP contribution >= 0.6 is 0 Å². The van der Waals surface area contributed by atoms with Crippen LogP contribution < -0.4 is 5.32 Å². The van der Waals surface area contributed by atoms with E-state index < -0.39 is 0 Å². The zero-order chi connectivity index (χ0) is 11.4. The molecule has 0 aliphatic rings. The molecule has 0 saturated heterocycles. The molecule has 88 valence electrons. The normalized spacial score (nSPS) is 10.8. The van der Waals surface area contributed by atoms with Crippen molar-refractivity contribution >= 4 is 5.97 Å². The Kier molecular flexibility index (Phi) is 10.6. The molecule has 0 aliphatic heterocycles. The van der Waals surface area contributed by atoms with E-state index >= 15 is 0 Å². The molecule has 4 heteroatoms. The van der Waals surface area contributed by atoms with Gasteiger partial charge in [0.25, 0.3) is 0 Å². The van der Waals surface area contributed by atoms with Gasteiger partial charge in [0.15, 0.2) is 0 Å². The maximum Gasteiger partial charge on any atom is 0.330 e. The van der Waals surface area contributed by atoms with Gasteiger partial charge in [-0.25, -0.2) is 4.79 Å². The highest BCUT2D eigenvalue weighted by atomic mass is 16.5. The highest BCUT2D eigenvalue weighted by Crippen LogP contribution is 1.91. The first-order valence-electron chi connectivity index (χ1n) is 5.46. The first kappa shape index (κ1) is 14.1. The molecule has 15 heavy (non-hydrogen) atoms. The minimum Gasteiger partial charge on any atom is -0.463 e. The van der Waals surface area contributed by atoms with Crippen LogP contribution in [0.5, 0.6) is 0 Å². The summed E-state index contributed by atoms with van der Waals surface area (Å²) in [5, 5.41) is 11.7. The van der Waals surface area contributed by atoms with Crippen molar-refractivity contribution in [1.82, 2.24) is 5.32 Å². The van der Waals surface area contributed by atoms with E-state index in [9.17, 15) is 4.79 Å². The molecule has 0 aromatic carbocycles. The second kappa shape index (κ2) is 11.2. The van der Waals surface area contributed by atoms with Crippen molar-refractivity contribution in [2.24, 2.45) is 0 Å². The lowest BCUT2D eigenvalue weighted by atomic mass is 10.2. The largest absolute Gasteiger partial charge is 0.463 e. The summed E-state index contributed by atoms with van der Waals surface area (Å²) in [7, 11) is 0. The van der Waals surface area contributed by atoms with Crippen molar-refractivity contribution in [3.05, 3.63) is 12.2 Å². The summed E-state index contributed by atoms with van der Waals surface area (Å²) in [5.74, 6) is -0.292. The zero-order valence-corrected chi connectivity index (χ0v) is 9.37. The Morgan fingerprint density at radius 2 is 2.20 bits per heavy atom. The fraction of sp³-hybridized carbons (Fsp3) is 0.727. The Labute approximate surface area is 91.3 Å². The van der Waals surface area contributed by atoms with Crippen molar-refractivity contribution in [1.29, 1.82) is 0 Å². The SMILES string of the molecule is CCOC(=O)/C=C/CNCCCCCO. The molecule has 0 radical (unpaired) electrons. The number of hydrogen-bond donors (Lipinski definition) is 2. The molecule has 0 bridgehead atoms. The van der Waals surface area contributed by atoms with E-state index in [4.69, 9.17) is 9.84 Å². The molecule has 0 heterocycles. The predicted octanol–water partition coefficient (Wildman–Crippen LogP) is 0.858. The molecular formula is C11H21NO3. The molecular weight excluding hydrogens is 194 g/mol. The van der Waals surface area contributed by atoms with Gasteiger partial charge >= 0.3 is 5.97 Å². The van der Waals surface area contributed by atoms with Gasteiger partial charge in [-0.2, -0.15) is 0 Å².